The quantitative estimate of drug-likeness (QED) is 0.521. The molecule has 0 fully saturated rings. The summed E-state index contributed by atoms with van der Waals surface area (Å²) in [5, 5.41) is 20.0. The number of ether oxygens (including phenoxy) is 1. The van der Waals surface area contributed by atoms with Crippen molar-refractivity contribution in [2.45, 2.75) is 6.54 Å². The van der Waals surface area contributed by atoms with Crippen LogP contribution in [0.2, 0.25) is 0 Å². The summed E-state index contributed by atoms with van der Waals surface area (Å²) in [6, 6.07) is 21.8. The van der Waals surface area contributed by atoms with Crippen LogP contribution < -0.4 is 10.1 Å². The number of rotatable bonds is 6. The van der Waals surface area contributed by atoms with Gasteiger partial charge in [0.1, 0.15) is 5.75 Å². The number of nitrogens with zero attached hydrogens (tertiary/aromatic N) is 1. The molecule has 0 unspecified atom stereocenters. The van der Waals surface area contributed by atoms with Crippen molar-refractivity contribution in [1.82, 2.24) is 4.90 Å². The first-order valence-electron chi connectivity index (χ1n) is 9.36. The lowest BCUT2D eigenvalue weighted by Gasteiger charge is -2.18. The second-order valence-electron chi connectivity index (χ2n) is 6.67. The van der Waals surface area contributed by atoms with Crippen molar-refractivity contribution in [3.8, 4) is 5.75 Å². The number of methoxy groups -OCH3 is 1. The van der Waals surface area contributed by atoms with Gasteiger partial charge in [0.2, 0.25) is 5.91 Å². The Morgan fingerprint density at radius 3 is 2.19 bits per heavy atom. The summed E-state index contributed by atoms with van der Waals surface area (Å²) in [4.78, 5) is 32.6. The predicted octanol–water partition coefficient (Wildman–Crippen LogP) is 3.07. The fourth-order valence-electron chi connectivity index (χ4n) is 2.95. The van der Waals surface area contributed by atoms with Gasteiger partial charge in [-0.2, -0.15) is 0 Å². The molecule has 0 aromatic heterocycles. The number of nitrogens with one attached hydrogen (secondary N) is 1. The van der Waals surface area contributed by atoms with Gasteiger partial charge < -0.3 is 20.3 Å². The van der Waals surface area contributed by atoms with Gasteiger partial charge in [0.25, 0.3) is 0 Å². The summed E-state index contributed by atoms with van der Waals surface area (Å²) < 4.78 is 5.37. The minimum atomic E-state index is -1.82. The Hall–Kier alpha value is -3.91. The van der Waals surface area contributed by atoms with Crippen LogP contribution in [-0.2, 0) is 20.9 Å². The Labute approximate surface area is 179 Å². The van der Waals surface area contributed by atoms with Crippen molar-refractivity contribution in [2.24, 2.45) is 0 Å². The fraction of sp³-hybridized carbons (Fsp3) is 0.174. The number of fused-ring (bicyclic) bond motifs is 1. The smallest absolute Gasteiger partial charge is 0.414 e. The third-order valence-corrected chi connectivity index (χ3v) is 4.29. The molecule has 0 saturated heterocycles. The van der Waals surface area contributed by atoms with E-state index in [4.69, 9.17) is 24.5 Å². The number of likely N-dealkylation sites (N-methyl/N-ethyl adjacent to an activating group) is 1. The summed E-state index contributed by atoms with van der Waals surface area (Å²) >= 11 is 0. The van der Waals surface area contributed by atoms with Gasteiger partial charge in [0.15, 0.2) is 0 Å². The SMILES string of the molecule is COc1ccccc1CN(C)CC(=O)Nc1cccc2ccccc12.O=C(O)C(=O)O. The molecule has 8 nitrogen and oxygen atoms in total. The normalized spacial score (nSPS) is 10.2. The van der Waals surface area contributed by atoms with E-state index >= 15 is 0 Å². The highest BCUT2D eigenvalue weighted by Crippen LogP contribution is 2.23. The summed E-state index contributed by atoms with van der Waals surface area (Å²) in [5.41, 5.74) is 1.90. The van der Waals surface area contributed by atoms with Crippen LogP contribution in [0.1, 0.15) is 5.56 Å². The van der Waals surface area contributed by atoms with Gasteiger partial charge in [0, 0.05) is 23.2 Å². The molecule has 0 aliphatic rings. The minimum Gasteiger partial charge on any atom is -0.496 e. The maximum Gasteiger partial charge on any atom is 0.414 e. The molecule has 0 radical (unpaired) electrons. The number of aliphatic carboxylic acids is 2. The summed E-state index contributed by atoms with van der Waals surface area (Å²) in [5.74, 6) is -2.84. The van der Waals surface area contributed by atoms with E-state index in [1.165, 1.54) is 0 Å². The monoisotopic (exact) mass is 424 g/mol. The first kappa shape index (κ1) is 23.4. The third-order valence-electron chi connectivity index (χ3n) is 4.29. The summed E-state index contributed by atoms with van der Waals surface area (Å²) in [7, 11) is 3.58. The molecule has 3 aromatic carbocycles. The number of anilines is 1. The predicted molar refractivity (Wildman–Crippen MR) is 117 cm³/mol. The van der Waals surface area contributed by atoms with Gasteiger partial charge in [-0.05, 0) is 24.6 Å². The molecule has 31 heavy (non-hydrogen) atoms. The van der Waals surface area contributed by atoms with Crippen LogP contribution in [-0.4, -0.2) is 53.7 Å². The minimum absolute atomic E-state index is 0.0336. The molecular weight excluding hydrogens is 400 g/mol. The number of hydrogen-bond donors (Lipinski definition) is 3. The maximum absolute atomic E-state index is 12.4. The number of carboxylic acids is 2. The van der Waals surface area contributed by atoms with Crippen molar-refractivity contribution < 1.29 is 29.3 Å². The summed E-state index contributed by atoms with van der Waals surface area (Å²) in [6.07, 6.45) is 0. The number of carbonyl (C=O) groups is 3. The number of carbonyl (C=O) groups excluding carboxylic acids is 1. The molecule has 0 heterocycles. The molecule has 3 N–H and O–H groups in total. The first-order valence-corrected chi connectivity index (χ1v) is 9.36. The average Bonchev–Trinajstić information content (AvgIpc) is 2.74. The molecule has 8 heteroatoms. The lowest BCUT2D eigenvalue weighted by Crippen LogP contribution is -2.30. The Bertz CT molecular complexity index is 1050. The van der Waals surface area contributed by atoms with Crippen molar-refractivity contribution in [3.05, 3.63) is 72.3 Å². The zero-order valence-corrected chi connectivity index (χ0v) is 17.2. The second-order valence-corrected chi connectivity index (χ2v) is 6.67. The van der Waals surface area contributed by atoms with E-state index in [0.29, 0.717) is 13.1 Å². The van der Waals surface area contributed by atoms with E-state index in [2.05, 4.69) is 5.32 Å². The van der Waals surface area contributed by atoms with Gasteiger partial charge in [-0.25, -0.2) is 9.59 Å². The molecule has 3 aromatic rings. The molecular formula is C23H24N2O6. The fourth-order valence-corrected chi connectivity index (χ4v) is 2.95. The van der Waals surface area contributed by atoms with E-state index in [0.717, 1.165) is 27.8 Å². The van der Waals surface area contributed by atoms with Gasteiger partial charge in [-0.3, -0.25) is 9.69 Å². The number of carboxylic acid groups (broad SMARTS) is 2. The maximum atomic E-state index is 12.4. The number of benzene rings is 3. The van der Waals surface area contributed by atoms with Crippen molar-refractivity contribution in [1.29, 1.82) is 0 Å². The van der Waals surface area contributed by atoms with Gasteiger partial charge in [-0.1, -0.05) is 54.6 Å². The Morgan fingerprint density at radius 2 is 1.52 bits per heavy atom. The lowest BCUT2D eigenvalue weighted by molar-refractivity contribution is -0.159. The van der Waals surface area contributed by atoms with Crippen LogP contribution in [0.4, 0.5) is 5.69 Å². The van der Waals surface area contributed by atoms with E-state index in [9.17, 15) is 4.79 Å². The Kier molecular flexibility index (Phi) is 8.53. The van der Waals surface area contributed by atoms with Crippen LogP contribution in [0.25, 0.3) is 10.8 Å². The van der Waals surface area contributed by atoms with Gasteiger partial charge in [0.05, 0.1) is 13.7 Å². The highest BCUT2D eigenvalue weighted by atomic mass is 16.5. The van der Waals surface area contributed by atoms with Crippen molar-refractivity contribution >= 4 is 34.3 Å². The topological polar surface area (TPSA) is 116 Å². The zero-order chi connectivity index (χ0) is 22.8. The molecule has 0 bridgehead atoms. The third kappa shape index (κ3) is 7.13. The van der Waals surface area contributed by atoms with Crippen molar-refractivity contribution in [2.75, 3.05) is 26.0 Å². The number of para-hydroxylation sites is 1. The molecule has 0 aliphatic carbocycles. The van der Waals surface area contributed by atoms with Crippen LogP contribution in [0, 0.1) is 0 Å². The van der Waals surface area contributed by atoms with Crippen LogP contribution >= 0.6 is 0 Å². The Balaban J connectivity index is 0.000000501. The molecule has 0 spiro atoms. The highest BCUT2D eigenvalue weighted by Gasteiger charge is 2.11. The molecule has 1 amide bonds. The van der Waals surface area contributed by atoms with Crippen LogP contribution in [0.15, 0.2) is 66.7 Å². The van der Waals surface area contributed by atoms with Crippen molar-refractivity contribution in [3.63, 3.8) is 0 Å². The average molecular weight is 424 g/mol. The Morgan fingerprint density at radius 1 is 0.903 bits per heavy atom. The van der Waals surface area contributed by atoms with Gasteiger partial charge in [-0.15, -0.1) is 0 Å². The standard InChI is InChI=1S/C21H22N2O2.C2H2O4/c1-23(14-17-9-4-6-13-20(17)25-2)15-21(24)22-19-12-7-10-16-8-3-5-11-18(16)19;3-1(4)2(5)6/h3-13H,14-15H2,1-2H3,(H,22,24);(H,3,4)(H,5,6). The van der Waals surface area contributed by atoms with Crippen LogP contribution in [0.5, 0.6) is 5.75 Å². The number of hydrogen-bond acceptors (Lipinski definition) is 5. The van der Waals surface area contributed by atoms with E-state index in [1.807, 2.05) is 78.7 Å². The van der Waals surface area contributed by atoms with E-state index < -0.39 is 11.9 Å². The largest absolute Gasteiger partial charge is 0.496 e. The molecule has 0 saturated carbocycles. The second kappa shape index (κ2) is 11.3. The lowest BCUT2D eigenvalue weighted by atomic mass is 10.1. The van der Waals surface area contributed by atoms with E-state index in [-0.39, 0.29) is 5.91 Å². The zero-order valence-electron chi connectivity index (χ0n) is 17.2. The first-order chi connectivity index (χ1) is 14.8. The number of amides is 1. The van der Waals surface area contributed by atoms with E-state index in [1.54, 1.807) is 7.11 Å². The molecule has 162 valence electrons. The molecule has 0 atom stereocenters. The van der Waals surface area contributed by atoms with Gasteiger partial charge >= 0.3 is 11.9 Å². The summed E-state index contributed by atoms with van der Waals surface area (Å²) in [6.45, 7) is 0.953. The van der Waals surface area contributed by atoms with Crippen LogP contribution in [0.3, 0.4) is 0 Å². The molecule has 0 aliphatic heterocycles. The molecule has 3 rings (SSSR count). The highest BCUT2D eigenvalue weighted by molar-refractivity contribution is 6.27.